The first-order valence-corrected chi connectivity index (χ1v) is 10.0. The highest BCUT2D eigenvalue weighted by molar-refractivity contribution is 5.96. The molecule has 152 valence electrons. The number of phenols is 1. The standard InChI is InChI=1S/C24H23N3O3/c28-21-9-1-16(2-10-21)11-13-26-23(29)19-12-14-25-22(15-19)17-3-5-18(6-4-17)24(30)27-20-7-8-20/h1-6,9-10,12,14-15,20,28H,7-8,11,13H2,(H,26,29)(H,27,30). The van der Waals surface area contributed by atoms with Crippen LogP contribution in [0.3, 0.4) is 0 Å². The molecule has 0 radical (unpaired) electrons. The molecular formula is C24H23N3O3. The summed E-state index contributed by atoms with van der Waals surface area (Å²) in [5.41, 5.74) is 3.71. The van der Waals surface area contributed by atoms with Gasteiger partial charge in [-0.15, -0.1) is 0 Å². The minimum Gasteiger partial charge on any atom is -0.508 e. The zero-order valence-electron chi connectivity index (χ0n) is 16.5. The number of carbonyl (C=O) groups is 2. The topological polar surface area (TPSA) is 91.3 Å². The molecule has 0 unspecified atom stereocenters. The third kappa shape index (κ3) is 5.03. The van der Waals surface area contributed by atoms with E-state index in [-0.39, 0.29) is 17.6 Å². The van der Waals surface area contributed by atoms with Gasteiger partial charge in [0, 0.05) is 35.5 Å². The molecule has 3 aromatic rings. The second kappa shape index (κ2) is 8.78. The van der Waals surface area contributed by atoms with E-state index in [0.717, 1.165) is 24.0 Å². The maximum atomic E-state index is 12.5. The van der Waals surface area contributed by atoms with Gasteiger partial charge in [-0.1, -0.05) is 24.3 Å². The zero-order valence-corrected chi connectivity index (χ0v) is 16.5. The van der Waals surface area contributed by atoms with Gasteiger partial charge in [-0.3, -0.25) is 14.6 Å². The summed E-state index contributed by atoms with van der Waals surface area (Å²) in [7, 11) is 0. The van der Waals surface area contributed by atoms with Crippen molar-refractivity contribution in [2.75, 3.05) is 6.54 Å². The molecule has 0 saturated heterocycles. The van der Waals surface area contributed by atoms with E-state index in [1.165, 1.54) is 0 Å². The molecule has 1 saturated carbocycles. The third-order valence-corrected chi connectivity index (χ3v) is 5.01. The fourth-order valence-corrected chi connectivity index (χ4v) is 3.10. The molecule has 2 aromatic carbocycles. The molecule has 3 N–H and O–H groups in total. The van der Waals surface area contributed by atoms with Gasteiger partial charge in [0.1, 0.15) is 5.75 Å². The number of nitrogens with one attached hydrogen (secondary N) is 2. The Morgan fingerprint density at radius 2 is 1.67 bits per heavy atom. The van der Waals surface area contributed by atoms with Crippen LogP contribution in [-0.4, -0.2) is 34.5 Å². The van der Waals surface area contributed by atoms with Crippen LogP contribution in [0.2, 0.25) is 0 Å². The Kier molecular flexibility index (Phi) is 5.75. The van der Waals surface area contributed by atoms with Crippen LogP contribution >= 0.6 is 0 Å². The largest absolute Gasteiger partial charge is 0.508 e. The maximum absolute atomic E-state index is 12.5. The van der Waals surface area contributed by atoms with Crippen LogP contribution in [0.1, 0.15) is 39.1 Å². The summed E-state index contributed by atoms with van der Waals surface area (Å²) in [6, 6.07) is 17.9. The molecule has 0 bridgehead atoms. The van der Waals surface area contributed by atoms with Gasteiger partial charge in [0.25, 0.3) is 11.8 Å². The van der Waals surface area contributed by atoms with Crippen molar-refractivity contribution >= 4 is 11.8 Å². The number of nitrogens with zero attached hydrogens (tertiary/aromatic N) is 1. The van der Waals surface area contributed by atoms with Crippen molar-refractivity contribution in [2.24, 2.45) is 0 Å². The smallest absolute Gasteiger partial charge is 0.251 e. The third-order valence-electron chi connectivity index (χ3n) is 5.01. The lowest BCUT2D eigenvalue weighted by Crippen LogP contribution is -2.25. The molecule has 30 heavy (non-hydrogen) atoms. The Hall–Kier alpha value is -3.67. The summed E-state index contributed by atoms with van der Waals surface area (Å²) in [5, 5.41) is 15.2. The summed E-state index contributed by atoms with van der Waals surface area (Å²) < 4.78 is 0. The molecule has 1 heterocycles. The first-order chi connectivity index (χ1) is 14.6. The molecule has 1 aromatic heterocycles. The average Bonchev–Trinajstić information content (AvgIpc) is 3.59. The fourth-order valence-electron chi connectivity index (χ4n) is 3.10. The van der Waals surface area contributed by atoms with E-state index in [2.05, 4.69) is 15.6 Å². The van der Waals surface area contributed by atoms with Crippen molar-refractivity contribution in [3.8, 4) is 17.0 Å². The second-order valence-electron chi connectivity index (χ2n) is 7.43. The Balaban J connectivity index is 1.37. The summed E-state index contributed by atoms with van der Waals surface area (Å²) in [6.07, 6.45) is 4.39. The maximum Gasteiger partial charge on any atom is 0.251 e. The van der Waals surface area contributed by atoms with E-state index in [9.17, 15) is 14.7 Å². The van der Waals surface area contributed by atoms with Crippen LogP contribution in [-0.2, 0) is 6.42 Å². The molecular weight excluding hydrogens is 378 g/mol. The van der Waals surface area contributed by atoms with Crippen LogP contribution in [0.25, 0.3) is 11.3 Å². The lowest BCUT2D eigenvalue weighted by Gasteiger charge is -2.08. The Bertz CT molecular complexity index is 1040. The van der Waals surface area contributed by atoms with Crippen LogP contribution in [0.15, 0.2) is 66.9 Å². The summed E-state index contributed by atoms with van der Waals surface area (Å²) in [6.45, 7) is 0.492. The molecule has 0 spiro atoms. The molecule has 2 amide bonds. The minimum atomic E-state index is -0.169. The Morgan fingerprint density at radius 1 is 0.933 bits per heavy atom. The summed E-state index contributed by atoms with van der Waals surface area (Å²) >= 11 is 0. The van der Waals surface area contributed by atoms with Gasteiger partial charge in [-0.25, -0.2) is 0 Å². The molecule has 1 fully saturated rings. The first-order valence-electron chi connectivity index (χ1n) is 10.0. The van der Waals surface area contributed by atoms with Gasteiger partial charge >= 0.3 is 0 Å². The number of carbonyl (C=O) groups excluding carboxylic acids is 2. The SMILES string of the molecule is O=C(NCCc1ccc(O)cc1)c1ccnc(-c2ccc(C(=O)NC3CC3)cc2)c1. The summed E-state index contributed by atoms with van der Waals surface area (Å²) in [5.74, 6) is 0.000279. The number of amides is 2. The molecule has 6 nitrogen and oxygen atoms in total. The van der Waals surface area contributed by atoms with Crippen LogP contribution in [0.5, 0.6) is 5.75 Å². The number of benzene rings is 2. The van der Waals surface area contributed by atoms with Crippen molar-refractivity contribution in [3.05, 3.63) is 83.6 Å². The zero-order chi connectivity index (χ0) is 20.9. The Labute approximate surface area is 175 Å². The van der Waals surface area contributed by atoms with Gasteiger partial charge in [0.15, 0.2) is 0 Å². The highest BCUT2D eigenvalue weighted by atomic mass is 16.3. The van der Waals surface area contributed by atoms with Gasteiger partial charge in [0.05, 0.1) is 5.69 Å². The van der Waals surface area contributed by atoms with Gasteiger partial charge in [-0.05, 0) is 61.2 Å². The number of hydrogen-bond acceptors (Lipinski definition) is 4. The van der Waals surface area contributed by atoms with E-state index in [1.54, 1.807) is 42.6 Å². The molecule has 1 aliphatic rings. The molecule has 0 aliphatic heterocycles. The number of hydrogen-bond donors (Lipinski definition) is 3. The second-order valence-corrected chi connectivity index (χ2v) is 7.43. The molecule has 1 aliphatic carbocycles. The van der Waals surface area contributed by atoms with Crippen molar-refractivity contribution in [1.29, 1.82) is 0 Å². The van der Waals surface area contributed by atoms with Crippen LogP contribution in [0, 0.1) is 0 Å². The van der Waals surface area contributed by atoms with Gasteiger partial charge < -0.3 is 15.7 Å². The monoisotopic (exact) mass is 401 g/mol. The quantitative estimate of drug-likeness (QED) is 0.566. The van der Waals surface area contributed by atoms with E-state index >= 15 is 0 Å². The predicted molar refractivity (Wildman–Crippen MR) is 114 cm³/mol. The lowest BCUT2D eigenvalue weighted by molar-refractivity contribution is 0.0944. The number of phenolic OH excluding ortho intramolecular Hbond substituents is 1. The van der Waals surface area contributed by atoms with E-state index in [0.29, 0.717) is 35.8 Å². The molecule has 4 rings (SSSR count). The number of aromatic nitrogens is 1. The van der Waals surface area contributed by atoms with Crippen LogP contribution < -0.4 is 10.6 Å². The first kappa shape index (κ1) is 19.6. The number of rotatable bonds is 7. The highest BCUT2D eigenvalue weighted by Gasteiger charge is 2.23. The Morgan fingerprint density at radius 3 is 2.37 bits per heavy atom. The van der Waals surface area contributed by atoms with Crippen LogP contribution in [0.4, 0.5) is 0 Å². The fraction of sp³-hybridized carbons (Fsp3) is 0.208. The van der Waals surface area contributed by atoms with Gasteiger partial charge in [0.2, 0.25) is 0 Å². The van der Waals surface area contributed by atoms with Crippen molar-refractivity contribution in [2.45, 2.75) is 25.3 Å². The summed E-state index contributed by atoms with van der Waals surface area (Å²) in [4.78, 5) is 29.0. The van der Waals surface area contributed by atoms with E-state index < -0.39 is 0 Å². The van der Waals surface area contributed by atoms with E-state index in [4.69, 9.17) is 0 Å². The van der Waals surface area contributed by atoms with Crippen molar-refractivity contribution in [3.63, 3.8) is 0 Å². The van der Waals surface area contributed by atoms with Crippen molar-refractivity contribution < 1.29 is 14.7 Å². The number of aromatic hydroxyl groups is 1. The molecule has 6 heteroatoms. The minimum absolute atomic E-state index is 0.0567. The molecule has 0 atom stereocenters. The predicted octanol–water partition coefficient (Wildman–Crippen LogP) is 3.32. The normalized spacial score (nSPS) is 12.9. The number of pyridine rings is 1. The highest BCUT2D eigenvalue weighted by Crippen LogP contribution is 2.21. The van der Waals surface area contributed by atoms with E-state index in [1.807, 2.05) is 24.3 Å². The average molecular weight is 401 g/mol. The van der Waals surface area contributed by atoms with Gasteiger partial charge in [-0.2, -0.15) is 0 Å². The lowest BCUT2D eigenvalue weighted by atomic mass is 10.1. The van der Waals surface area contributed by atoms with Crippen molar-refractivity contribution in [1.82, 2.24) is 15.6 Å².